The van der Waals surface area contributed by atoms with Gasteiger partial charge in [-0.05, 0) is 92.6 Å². The van der Waals surface area contributed by atoms with Gasteiger partial charge in [0.1, 0.15) is 5.82 Å². The molecule has 3 aromatic carbocycles. The Labute approximate surface area is 251 Å². The number of hydrogen-bond donors (Lipinski definition) is 3. The minimum atomic E-state index is -0.337. The Bertz CT molecular complexity index is 1450. The van der Waals surface area contributed by atoms with Crippen molar-refractivity contribution in [1.82, 2.24) is 15.5 Å². The van der Waals surface area contributed by atoms with E-state index < -0.39 is 0 Å². The summed E-state index contributed by atoms with van der Waals surface area (Å²) in [6, 6.07) is 18.2. The van der Waals surface area contributed by atoms with Gasteiger partial charge in [0.25, 0.3) is 11.8 Å². The largest absolute Gasteiger partial charge is 0.352 e. The predicted molar refractivity (Wildman–Crippen MR) is 165 cm³/mol. The van der Waals surface area contributed by atoms with E-state index in [-0.39, 0.29) is 23.7 Å². The smallest absolute Gasteiger partial charge is 0.317 e. The third-order valence-electron chi connectivity index (χ3n) is 7.07. The second-order valence-corrected chi connectivity index (χ2v) is 10.7. The zero-order valence-corrected chi connectivity index (χ0v) is 24.5. The number of halogens is 2. The van der Waals surface area contributed by atoms with Gasteiger partial charge >= 0.3 is 6.03 Å². The number of carbonyl (C=O) groups excluding carboxylic acids is 3. The van der Waals surface area contributed by atoms with E-state index in [2.05, 4.69) is 22.0 Å². The summed E-state index contributed by atoms with van der Waals surface area (Å²) in [5, 5.41) is 9.17. The Hall–Kier alpha value is -4.17. The lowest BCUT2D eigenvalue weighted by molar-refractivity contribution is 0.0952. The minimum Gasteiger partial charge on any atom is -0.352 e. The molecule has 220 valence electrons. The number of hydrogen-bond acceptors (Lipinski definition) is 3. The van der Waals surface area contributed by atoms with E-state index in [1.54, 1.807) is 42.5 Å². The van der Waals surface area contributed by atoms with E-state index in [9.17, 15) is 18.8 Å². The maximum absolute atomic E-state index is 13.5. The predicted octanol–water partition coefficient (Wildman–Crippen LogP) is 6.69. The van der Waals surface area contributed by atoms with Crippen molar-refractivity contribution in [2.24, 2.45) is 0 Å². The van der Waals surface area contributed by atoms with Gasteiger partial charge in [0.15, 0.2) is 0 Å². The fourth-order valence-electron chi connectivity index (χ4n) is 4.93. The molecule has 4 rings (SSSR count). The molecule has 0 spiro atoms. The molecule has 42 heavy (non-hydrogen) atoms. The third-order valence-corrected chi connectivity index (χ3v) is 7.30. The SMILES string of the molecule is CCNC(=O)N1CCCC(=Cc2ccc(C(=O)NCCc3cccc(F)c3)cc2NC(=O)c2cccc(Cl)c2)CCC1. The molecule has 1 fully saturated rings. The first-order chi connectivity index (χ1) is 20.3. The normalized spacial score (nSPS) is 13.5. The van der Waals surface area contributed by atoms with Crippen LogP contribution in [0, 0.1) is 5.82 Å². The van der Waals surface area contributed by atoms with E-state index in [1.165, 1.54) is 17.7 Å². The zero-order chi connectivity index (χ0) is 29.9. The van der Waals surface area contributed by atoms with Crippen molar-refractivity contribution >= 4 is 41.2 Å². The number of rotatable bonds is 8. The molecular weight excluding hydrogens is 555 g/mol. The van der Waals surface area contributed by atoms with Gasteiger partial charge in [-0.1, -0.05) is 47.5 Å². The van der Waals surface area contributed by atoms with E-state index in [4.69, 9.17) is 11.6 Å². The molecule has 0 aliphatic carbocycles. The number of nitrogens with one attached hydrogen (secondary N) is 3. The number of nitrogens with zero attached hydrogens (tertiary/aromatic N) is 1. The molecule has 4 amide bonds. The van der Waals surface area contributed by atoms with Crippen LogP contribution in [0.4, 0.5) is 14.9 Å². The fraction of sp³-hybridized carbons (Fsp3) is 0.303. The number of urea groups is 1. The summed E-state index contributed by atoms with van der Waals surface area (Å²) in [5.74, 6) is -0.941. The van der Waals surface area contributed by atoms with Gasteiger partial charge in [0.05, 0.1) is 0 Å². The minimum absolute atomic E-state index is 0.0271. The maximum atomic E-state index is 13.5. The van der Waals surface area contributed by atoms with Crippen molar-refractivity contribution < 1.29 is 18.8 Å². The standard InChI is InChI=1S/C33H36ClFN4O3/c1-2-36-33(42)39-17-5-8-23(9-6-18-39)19-25-13-14-27(31(40)37-16-15-24-7-3-12-29(35)20-24)22-30(25)38-32(41)26-10-4-11-28(34)21-26/h3-4,7,10-14,19-22H,2,5-6,8-9,15-18H2,1H3,(H,36,42)(H,37,40)(H,38,41). The molecule has 1 heterocycles. The summed E-state index contributed by atoms with van der Waals surface area (Å²) in [6.07, 6.45) is 5.86. The molecule has 1 aliphatic heterocycles. The average molecular weight is 591 g/mol. The molecular formula is C33H36ClFN4O3. The Morgan fingerprint density at radius 2 is 1.64 bits per heavy atom. The Morgan fingerprint density at radius 1 is 0.905 bits per heavy atom. The summed E-state index contributed by atoms with van der Waals surface area (Å²) in [5.41, 5.74) is 4.11. The highest BCUT2D eigenvalue weighted by molar-refractivity contribution is 6.31. The number of amides is 4. The highest BCUT2D eigenvalue weighted by atomic mass is 35.5. The van der Waals surface area contributed by atoms with E-state index in [1.807, 2.05) is 24.0 Å². The van der Waals surface area contributed by atoms with Crippen LogP contribution >= 0.6 is 11.6 Å². The lowest BCUT2D eigenvalue weighted by Crippen LogP contribution is -2.41. The van der Waals surface area contributed by atoms with Gasteiger partial charge in [-0.25, -0.2) is 9.18 Å². The number of carbonyl (C=O) groups is 3. The van der Waals surface area contributed by atoms with E-state index >= 15 is 0 Å². The fourth-order valence-corrected chi connectivity index (χ4v) is 5.12. The summed E-state index contributed by atoms with van der Waals surface area (Å²) >= 11 is 6.10. The summed E-state index contributed by atoms with van der Waals surface area (Å²) in [4.78, 5) is 40.3. The van der Waals surface area contributed by atoms with Gasteiger partial charge in [0, 0.05) is 48.0 Å². The molecule has 0 bridgehead atoms. The quantitative estimate of drug-likeness (QED) is 0.273. The first kappa shape index (κ1) is 30.8. The van der Waals surface area contributed by atoms with Crippen LogP contribution in [0.2, 0.25) is 5.02 Å². The van der Waals surface area contributed by atoms with Crippen molar-refractivity contribution in [2.75, 3.05) is 31.5 Å². The highest BCUT2D eigenvalue weighted by Crippen LogP contribution is 2.26. The molecule has 0 saturated carbocycles. The van der Waals surface area contributed by atoms with Crippen molar-refractivity contribution in [3.05, 3.63) is 105 Å². The molecule has 3 aromatic rings. The topological polar surface area (TPSA) is 90.5 Å². The molecule has 7 nitrogen and oxygen atoms in total. The first-order valence-electron chi connectivity index (χ1n) is 14.3. The van der Waals surface area contributed by atoms with Crippen LogP contribution in [-0.2, 0) is 6.42 Å². The van der Waals surface area contributed by atoms with E-state index in [0.29, 0.717) is 54.4 Å². The second-order valence-electron chi connectivity index (χ2n) is 10.2. The summed E-state index contributed by atoms with van der Waals surface area (Å²) in [6.45, 7) is 4.21. The molecule has 9 heteroatoms. The van der Waals surface area contributed by atoms with Gasteiger partial charge in [-0.15, -0.1) is 0 Å². The van der Waals surface area contributed by atoms with Crippen molar-refractivity contribution in [1.29, 1.82) is 0 Å². The molecule has 3 N–H and O–H groups in total. The lowest BCUT2D eigenvalue weighted by Gasteiger charge is -2.26. The van der Waals surface area contributed by atoms with Crippen LogP contribution in [0.1, 0.15) is 64.4 Å². The van der Waals surface area contributed by atoms with Gasteiger partial charge in [-0.2, -0.15) is 0 Å². The molecule has 1 aliphatic rings. The van der Waals surface area contributed by atoms with Crippen LogP contribution in [0.3, 0.4) is 0 Å². The molecule has 0 atom stereocenters. The Balaban J connectivity index is 1.51. The zero-order valence-electron chi connectivity index (χ0n) is 23.7. The van der Waals surface area contributed by atoms with Crippen LogP contribution in [-0.4, -0.2) is 48.9 Å². The lowest BCUT2D eigenvalue weighted by atomic mass is 9.98. The summed E-state index contributed by atoms with van der Waals surface area (Å²) in [7, 11) is 0. The highest BCUT2D eigenvalue weighted by Gasteiger charge is 2.17. The monoisotopic (exact) mass is 590 g/mol. The van der Waals surface area contributed by atoms with Gasteiger partial charge < -0.3 is 20.9 Å². The molecule has 0 aromatic heterocycles. The Kier molecular flexibility index (Phi) is 11.1. The number of likely N-dealkylation sites (tertiary alicyclic amines) is 1. The van der Waals surface area contributed by atoms with Crippen LogP contribution in [0.5, 0.6) is 0 Å². The third kappa shape index (κ3) is 8.91. The van der Waals surface area contributed by atoms with Crippen LogP contribution in [0.25, 0.3) is 6.08 Å². The molecule has 0 radical (unpaired) electrons. The van der Waals surface area contributed by atoms with Crippen molar-refractivity contribution in [3.8, 4) is 0 Å². The maximum Gasteiger partial charge on any atom is 0.317 e. The average Bonchev–Trinajstić information content (AvgIpc) is 2.95. The number of benzene rings is 3. The second kappa shape index (κ2) is 15.2. The molecule has 0 unspecified atom stereocenters. The van der Waals surface area contributed by atoms with Crippen molar-refractivity contribution in [2.45, 2.75) is 39.0 Å². The van der Waals surface area contributed by atoms with Gasteiger partial charge in [0.2, 0.25) is 0 Å². The van der Waals surface area contributed by atoms with Crippen molar-refractivity contribution in [3.63, 3.8) is 0 Å². The van der Waals surface area contributed by atoms with Crippen LogP contribution in [0.15, 0.2) is 72.3 Å². The Morgan fingerprint density at radius 3 is 2.36 bits per heavy atom. The van der Waals surface area contributed by atoms with Gasteiger partial charge in [-0.3, -0.25) is 9.59 Å². The number of allylic oxidation sites excluding steroid dienone is 1. The summed E-state index contributed by atoms with van der Waals surface area (Å²) < 4.78 is 13.5. The first-order valence-corrected chi connectivity index (χ1v) is 14.7. The van der Waals surface area contributed by atoms with E-state index in [0.717, 1.165) is 36.8 Å². The van der Waals surface area contributed by atoms with Crippen LogP contribution < -0.4 is 16.0 Å². The molecule has 1 saturated heterocycles. The number of anilines is 1.